The van der Waals surface area contributed by atoms with Crippen LogP contribution < -0.4 is 22.5 Å². The number of Topliss-reactive ketones (excluding diaryl/α,β-unsaturated/α-hetero) is 1. The van der Waals surface area contributed by atoms with Crippen molar-refractivity contribution in [1.82, 2.24) is 5.32 Å². The van der Waals surface area contributed by atoms with Gasteiger partial charge < -0.3 is 27.0 Å². The lowest BCUT2D eigenvalue weighted by Crippen LogP contribution is -2.58. The van der Waals surface area contributed by atoms with Crippen LogP contribution in [0.15, 0.2) is 4.99 Å². The first-order valence-corrected chi connectivity index (χ1v) is 6.36. The summed E-state index contributed by atoms with van der Waals surface area (Å²) in [5.41, 5.74) is 16.1. The number of hydrogen-bond donors (Lipinski definition) is 5. The Balaban J connectivity index is 2.49. The number of aliphatic imine (C=N–C) groups is 1. The quantitative estimate of drug-likeness (QED) is 0.193. The molecule has 0 aliphatic carbocycles. The van der Waals surface area contributed by atoms with Gasteiger partial charge in [0, 0.05) is 13.1 Å². The highest BCUT2D eigenvalue weighted by Gasteiger charge is 2.38. The van der Waals surface area contributed by atoms with Crippen molar-refractivity contribution in [2.24, 2.45) is 22.2 Å². The zero-order valence-corrected chi connectivity index (χ0v) is 11.1. The molecule has 3 unspecified atom stereocenters. The summed E-state index contributed by atoms with van der Waals surface area (Å²) in [5.74, 6) is -1.57. The molecule has 1 aliphatic rings. The third-order valence-corrected chi connectivity index (χ3v) is 2.95. The van der Waals surface area contributed by atoms with E-state index in [9.17, 15) is 9.59 Å². The van der Waals surface area contributed by atoms with E-state index in [2.05, 4.69) is 10.3 Å². The van der Waals surface area contributed by atoms with Gasteiger partial charge in [-0.15, -0.1) is 0 Å². The van der Waals surface area contributed by atoms with Crippen LogP contribution in [0, 0.1) is 0 Å². The Morgan fingerprint density at radius 3 is 2.75 bits per heavy atom. The van der Waals surface area contributed by atoms with E-state index in [-0.39, 0.29) is 12.6 Å². The molecule has 0 amide bonds. The summed E-state index contributed by atoms with van der Waals surface area (Å²) >= 11 is 0. The maximum absolute atomic E-state index is 12.1. The molecule has 1 aliphatic heterocycles. The number of guanidine groups is 1. The molecule has 1 heterocycles. The smallest absolute Gasteiger partial charge is 0.323 e. The van der Waals surface area contributed by atoms with Crippen LogP contribution in [-0.2, 0) is 14.3 Å². The van der Waals surface area contributed by atoms with Crippen LogP contribution in [0.5, 0.6) is 0 Å². The average molecular weight is 287 g/mol. The van der Waals surface area contributed by atoms with E-state index in [4.69, 9.17) is 27.0 Å². The van der Waals surface area contributed by atoms with Gasteiger partial charge in [0.15, 0.2) is 11.7 Å². The maximum Gasteiger partial charge on any atom is 0.323 e. The van der Waals surface area contributed by atoms with Gasteiger partial charge in [-0.05, 0) is 12.8 Å². The Hall–Kier alpha value is -1.71. The molecular formula is C11H21N5O4. The van der Waals surface area contributed by atoms with Gasteiger partial charge in [-0.25, -0.2) is 0 Å². The van der Waals surface area contributed by atoms with Crippen molar-refractivity contribution in [2.75, 3.05) is 19.7 Å². The number of carboxylic acid groups (broad SMARTS) is 1. The average Bonchev–Trinajstić information content (AvgIpc) is 2.42. The molecule has 1 fully saturated rings. The summed E-state index contributed by atoms with van der Waals surface area (Å²) < 4.78 is 5.24. The monoisotopic (exact) mass is 287 g/mol. The Labute approximate surface area is 116 Å². The van der Waals surface area contributed by atoms with Gasteiger partial charge in [-0.2, -0.15) is 0 Å². The van der Waals surface area contributed by atoms with Crippen molar-refractivity contribution in [1.29, 1.82) is 0 Å². The maximum atomic E-state index is 12.1. The van der Waals surface area contributed by atoms with Crippen LogP contribution in [-0.4, -0.2) is 60.7 Å². The highest BCUT2D eigenvalue weighted by Crippen LogP contribution is 2.10. The zero-order valence-electron chi connectivity index (χ0n) is 11.1. The first kappa shape index (κ1) is 16.3. The molecule has 1 saturated heterocycles. The fourth-order valence-corrected chi connectivity index (χ4v) is 1.94. The number of nitrogens with two attached hydrogens (primary N) is 3. The second kappa shape index (κ2) is 7.78. The first-order valence-electron chi connectivity index (χ1n) is 6.36. The van der Waals surface area contributed by atoms with E-state index < -0.39 is 29.9 Å². The van der Waals surface area contributed by atoms with Crippen molar-refractivity contribution in [3.05, 3.63) is 0 Å². The van der Waals surface area contributed by atoms with Gasteiger partial charge in [0.05, 0.1) is 12.6 Å². The van der Waals surface area contributed by atoms with Crippen LogP contribution in [0.2, 0.25) is 0 Å². The van der Waals surface area contributed by atoms with Crippen molar-refractivity contribution in [2.45, 2.75) is 31.0 Å². The lowest BCUT2D eigenvalue weighted by Gasteiger charge is -2.30. The molecule has 9 heteroatoms. The number of carbonyl (C=O) groups is 2. The van der Waals surface area contributed by atoms with Gasteiger partial charge in [0.2, 0.25) is 0 Å². The van der Waals surface area contributed by atoms with Crippen LogP contribution in [0.1, 0.15) is 12.8 Å². The summed E-state index contributed by atoms with van der Waals surface area (Å²) in [7, 11) is 0. The summed E-state index contributed by atoms with van der Waals surface area (Å²) in [6.07, 6.45) is -0.163. The molecule has 3 atom stereocenters. The van der Waals surface area contributed by atoms with Crippen LogP contribution in [0.3, 0.4) is 0 Å². The molecular weight excluding hydrogens is 266 g/mol. The molecule has 0 spiro atoms. The predicted octanol–water partition coefficient (Wildman–Crippen LogP) is -2.62. The van der Waals surface area contributed by atoms with Gasteiger partial charge >= 0.3 is 5.97 Å². The van der Waals surface area contributed by atoms with Gasteiger partial charge in [-0.1, -0.05) is 0 Å². The molecule has 0 radical (unpaired) electrons. The Bertz CT molecular complexity index is 383. The third-order valence-electron chi connectivity index (χ3n) is 2.95. The van der Waals surface area contributed by atoms with E-state index in [1.165, 1.54) is 0 Å². The summed E-state index contributed by atoms with van der Waals surface area (Å²) in [6.45, 7) is 1.04. The van der Waals surface area contributed by atoms with Gasteiger partial charge in [0.25, 0.3) is 0 Å². The largest absolute Gasteiger partial charge is 0.480 e. The summed E-state index contributed by atoms with van der Waals surface area (Å²) in [6, 6.07) is -1.85. The number of nitrogens with one attached hydrogen (secondary N) is 1. The SMILES string of the molecule is NC(N)=NCCCC(N)C(=O)C1OCCNC1C(=O)O. The number of hydrogen-bond acceptors (Lipinski definition) is 6. The number of rotatable bonds is 7. The third kappa shape index (κ3) is 4.76. The standard InChI is InChI=1S/C11H21N5O4/c12-6(2-1-3-16-11(13)14)8(17)9-7(10(18)19)15-4-5-20-9/h6-7,9,15H,1-5,12H2,(H,18,19)(H4,13,14,16). The van der Waals surface area contributed by atoms with E-state index in [0.29, 0.717) is 25.9 Å². The van der Waals surface area contributed by atoms with E-state index >= 15 is 0 Å². The second-order valence-electron chi connectivity index (χ2n) is 4.52. The molecule has 9 nitrogen and oxygen atoms in total. The Kier molecular flexibility index (Phi) is 6.36. The lowest BCUT2D eigenvalue weighted by atomic mass is 9.97. The fourth-order valence-electron chi connectivity index (χ4n) is 1.94. The van der Waals surface area contributed by atoms with Gasteiger partial charge in [0.1, 0.15) is 12.1 Å². The molecule has 0 saturated carbocycles. The van der Waals surface area contributed by atoms with Crippen LogP contribution in [0.4, 0.5) is 0 Å². The van der Waals surface area contributed by atoms with Crippen LogP contribution in [0.25, 0.3) is 0 Å². The molecule has 0 bridgehead atoms. The molecule has 0 aromatic rings. The van der Waals surface area contributed by atoms with Crippen molar-refractivity contribution in [3.63, 3.8) is 0 Å². The minimum Gasteiger partial charge on any atom is -0.480 e. The van der Waals surface area contributed by atoms with Crippen LogP contribution >= 0.6 is 0 Å². The van der Waals surface area contributed by atoms with E-state index in [0.717, 1.165) is 0 Å². The predicted molar refractivity (Wildman–Crippen MR) is 72.1 cm³/mol. The van der Waals surface area contributed by atoms with Crippen molar-refractivity contribution < 1.29 is 19.4 Å². The topological polar surface area (TPSA) is 166 Å². The van der Waals surface area contributed by atoms with Gasteiger partial charge in [-0.3, -0.25) is 19.9 Å². The number of carbonyl (C=O) groups excluding carboxylic acids is 1. The summed E-state index contributed by atoms with van der Waals surface area (Å²) in [5, 5.41) is 11.8. The fraction of sp³-hybridized carbons (Fsp3) is 0.727. The lowest BCUT2D eigenvalue weighted by molar-refractivity contribution is -0.153. The Morgan fingerprint density at radius 2 is 2.15 bits per heavy atom. The highest BCUT2D eigenvalue weighted by atomic mass is 16.5. The number of aliphatic carboxylic acids is 1. The molecule has 1 rings (SSSR count). The molecule has 0 aromatic heterocycles. The number of ether oxygens (including phenoxy) is 1. The van der Waals surface area contributed by atoms with E-state index in [1.807, 2.05) is 0 Å². The molecule has 114 valence electrons. The minimum absolute atomic E-state index is 0.0179. The number of nitrogens with zero attached hydrogens (tertiary/aromatic N) is 1. The number of carboxylic acids is 1. The molecule has 8 N–H and O–H groups in total. The van der Waals surface area contributed by atoms with Crippen molar-refractivity contribution in [3.8, 4) is 0 Å². The molecule has 20 heavy (non-hydrogen) atoms. The minimum atomic E-state index is -1.13. The highest BCUT2D eigenvalue weighted by molar-refractivity contribution is 5.93. The summed E-state index contributed by atoms with van der Waals surface area (Å²) in [4.78, 5) is 26.9. The zero-order chi connectivity index (χ0) is 15.1. The normalized spacial score (nSPS) is 23.9. The van der Waals surface area contributed by atoms with Crippen molar-refractivity contribution >= 4 is 17.7 Å². The second-order valence-corrected chi connectivity index (χ2v) is 4.52. The number of morpholine rings is 1. The molecule has 0 aromatic carbocycles. The Morgan fingerprint density at radius 1 is 1.45 bits per heavy atom. The first-order chi connectivity index (χ1) is 9.43. The van der Waals surface area contributed by atoms with E-state index in [1.54, 1.807) is 0 Å². The number of ketones is 1.